The Morgan fingerprint density at radius 1 is 1.48 bits per heavy atom. The van der Waals surface area contributed by atoms with Crippen molar-refractivity contribution in [2.45, 2.75) is 32.4 Å². The molecule has 0 saturated carbocycles. The lowest BCUT2D eigenvalue weighted by atomic mass is 10.1. The van der Waals surface area contributed by atoms with Crippen molar-refractivity contribution < 1.29 is 23.4 Å². The molecule has 1 amide bonds. The molecule has 0 aromatic heterocycles. The first-order valence-electron chi connectivity index (χ1n) is 6.50. The lowest BCUT2D eigenvalue weighted by molar-refractivity contribution is -0.164. The van der Waals surface area contributed by atoms with Gasteiger partial charge in [0.1, 0.15) is 5.75 Å². The maximum Gasteiger partial charge on any atom is 0.287 e. The van der Waals surface area contributed by atoms with E-state index in [4.69, 9.17) is 4.74 Å². The summed E-state index contributed by atoms with van der Waals surface area (Å²) in [6.45, 7) is 3.79. The van der Waals surface area contributed by atoms with Crippen molar-refractivity contribution in [2.24, 2.45) is 5.10 Å². The van der Waals surface area contributed by atoms with Gasteiger partial charge in [-0.1, -0.05) is 0 Å². The van der Waals surface area contributed by atoms with E-state index in [1.54, 1.807) is 12.1 Å². The van der Waals surface area contributed by atoms with E-state index in [0.29, 0.717) is 17.4 Å². The minimum absolute atomic E-state index is 0.149. The third kappa shape index (κ3) is 2.87. The highest BCUT2D eigenvalue weighted by atomic mass is 19.3. The summed E-state index contributed by atoms with van der Waals surface area (Å²) in [5.74, 6) is -0.211. The van der Waals surface area contributed by atoms with Gasteiger partial charge in [0.05, 0.1) is 6.61 Å². The number of nitrogens with zero attached hydrogens (tertiary/aromatic N) is 2. The smallest absolute Gasteiger partial charge is 0.287 e. The van der Waals surface area contributed by atoms with Crippen LogP contribution in [0.15, 0.2) is 29.4 Å². The van der Waals surface area contributed by atoms with Gasteiger partial charge in [-0.15, -0.1) is 0 Å². The van der Waals surface area contributed by atoms with Gasteiger partial charge < -0.3 is 9.84 Å². The Bertz CT molecular complexity index is 560. The number of rotatable bonds is 4. The average molecular weight is 298 g/mol. The van der Waals surface area contributed by atoms with Crippen LogP contribution in [-0.2, 0) is 0 Å². The summed E-state index contributed by atoms with van der Waals surface area (Å²) in [7, 11) is 0. The second kappa shape index (κ2) is 5.77. The Hall–Kier alpha value is -2.02. The Labute approximate surface area is 120 Å². The molecule has 1 aromatic carbocycles. The molecular formula is C14H16F2N2O3. The summed E-state index contributed by atoms with van der Waals surface area (Å²) in [5, 5.41) is 14.2. The van der Waals surface area contributed by atoms with E-state index < -0.39 is 18.1 Å². The Kier molecular flexibility index (Phi) is 4.22. The molecule has 0 unspecified atom stereocenters. The lowest BCUT2D eigenvalue weighted by Gasteiger charge is -2.30. The molecule has 114 valence electrons. The van der Waals surface area contributed by atoms with Crippen molar-refractivity contribution in [3.8, 4) is 5.75 Å². The summed E-state index contributed by atoms with van der Waals surface area (Å²) in [4.78, 5) is 12.3. The molecule has 0 fully saturated rings. The average Bonchev–Trinajstić information content (AvgIpc) is 2.76. The molecule has 7 heteroatoms. The molecule has 1 aliphatic heterocycles. The summed E-state index contributed by atoms with van der Waals surface area (Å²) < 4.78 is 31.3. The van der Waals surface area contributed by atoms with E-state index in [9.17, 15) is 18.7 Å². The highest BCUT2D eigenvalue weighted by Gasteiger charge is 2.51. The fourth-order valence-corrected chi connectivity index (χ4v) is 2.12. The number of ether oxygens (including phenoxy) is 1. The van der Waals surface area contributed by atoms with Crippen LogP contribution < -0.4 is 4.74 Å². The predicted molar refractivity (Wildman–Crippen MR) is 72.5 cm³/mol. The van der Waals surface area contributed by atoms with E-state index in [2.05, 4.69) is 5.10 Å². The van der Waals surface area contributed by atoms with Gasteiger partial charge in [-0.2, -0.15) is 10.1 Å². The number of benzene rings is 1. The van der Waals surface area contributed by atoms with Gasteiger partial charge in [-0.05, 0) is 38.1 Å². The standard InChI is InChI=1S/C14H16F2N2O3/c1-3-21-11-6-4-10(5-7-11)12(19)18-14(20,13(15)16)8-9(2)17-18/h4-7,13,20H,3,8H2,1-2H3/t14-/m0/s1. The fourth-order valence-electron chi connectivity index (χ4n) is 2.12. The topological polar surface area (TPSA) is 62.1 Å². The molecule has 0 radical (unpaired) electrons. The van der Waals surface area contributed by atoms with Crippen LogP contribution in [0.5, 0.6) is 5.75 Å². The van der Waals surface area contributed by atoms with Gasteiger partial charge in [0.15, 0.2) is 0 Å². The first kappa shape index (κ1) is 15.4. The van der Waals surface area contributed by atoms with Gasteiger partial charge in [-0.3, -0.25) is 4.79 Å². The van der Waals surface area contributed by atoms with Crippen molar-refractivity contribution in [3.05, 3.63) is 29.8 Å². The number of hydrogen-bond donors (Lipinski definition) is 1. The number of carbonyl (C=O) groups excluding carboxylic acids is 1. The largest absolute Gasteiger partial charge is 0.494 e. The zero-order chi connectivity index (χ0) is 15.6. The molecule has 1 heterocycles. The molecule has 1 aliphatic rings. The number of amides is 1. The maximum absolute atomic E-state index is 13.1. The Balaban J connectivity index is 2.26. The second-order valence-electron chi connectivity index (χ2n) is 4.77. The van der Waals surface area contributed by atoms with Crippen molar-refractivity contribution in [1.82, 2.24) is 5.01 Å². The monoisotopic (exact) mass is 298 g/mol. The predicted octanol–water partition coefficient (Wildman–Crippen LogP) is 2.26. The zero-order valence-electron chi connectivity index (χ0n) is 11.7. The molecule has 1 aromatic rings. The quantitative estimate of drug-likeness (QED) is 0.927. The summed E-state index contributed by atoms with van der Waals surface area (Å²) in [5.41, 5.74) is -2.16. The third-order valence-electron chi connectivity index (χ3n) is 3.11. The number of halogens is 2. The van der Waals surface area contributed by atoms with Crippen LogP contribution in [0, 0.1) is 0 Å². The van der Waals surface area contributed by atoms with Gasteiger partial charge >= 0.3 is 0 Å². The van der Waals surface area contributed by atoms with Crippen LogP contribution >= 0.6 is 0 Å². The van der Waals surface area contributed by atoms with Crippen LogP contribution in [0.25, 0.3) is 0 Å². The second-order valence-corrected chi connectivity index (χ2v) is 4.77. The first-order chi connectivity index (χ1) is 9.88. The number of hydrazone groups is 1. The van der Waals surface area contributed by atoms with Crippen molar-refractivity contribution in [2.75, 3.05) is 6.61 Å². The van der Waals surface area contributed by atoms with E-state index >= 15 is 0 Å². The van der Waals surface area contributed by atoms with Crippen LogP contribution in [0.2, 0.25) is 0 Å². The minimum atomic E-state index is -3.11. The molecule has 2 rings (SSSR count). The summed E-state index contributed by atoms with van der Waals surface area (Å²) in [6.07, 6.45) is -3.47. The van der Waals surface area contributed by atoms with E-state index in [-0.39, 0.29) is 17.7 Å². The van der Waals surface area contributed by atoms with Gasteiger partial charge in [0, 0.05) is 17.7 Å². The summed E-state index contributed by atoms with van der Waals surface area (Å²) >= 11 is 0. The number of carbonyl (C=O) groups is 1. The zero-order valence-corrected chi connectivity index (χ0v) is 11.7. The van der Waals surface area contributed by atoms with E-state index in [1.807, 2.05) is 6.92 Å². The first-order valence-corrected chi connectivity index (χ1v) is 6.50. The Morgan fingerprint density at radius 2 is 2.10 bits per heavy atom. The number of hydrogen-bond acceptors (Lipinski definition) is 4. The Morgan fingerprint density at radius 3 is 2.62 bits per heavy atom. The number of alkyl halides is 2. The van der Waals surface area contributed by atoms with Crippen LogP contribution in [0.1, 0.15) is 30.6 Å². The molecule has 1 atom stereocenters. The minimum Gasteiger partial charge on any atom is -0.494 e. The van der Waals surface area contributed by atoms with E-state index in [1.165, 1.54) is 19.1 Å². The molecule has 21 heavy (non-hydrogen) atoms. The normalized spacial score (nSPS) is 21.6. The van der Waals surface area contributed by atoms with Gasteiger partial charge in [0.2, 0.25) is 5.72 Å². The van der Waals surface area contributed by atoms with Crippen molar-refractivity contribution in [1.29, 1.82) is 0 Å². The molecule has 5 nitrogen and oxygen atoms in total. The SMILES string of the molecule is CCOc1ccc(C(=O)N2N=C(C)C[C@]2(O)C(F)F)cc1. The van der Waals surface area contributed by atoms with Crippen LogP contribution in [-0.4, -0.2) is 40.5 Å². The van der Waals surface area contributed by atoms with Crippen molar-refractivity contribution in [3.63, 3.8) is 0 Å². The molecule has 0 bridgehead atoms. The highest BCUT2D eigenvalue weighted by Crippen LogP contribution is 2.32. The van der Waals surface area contributed by atoms with Crippen LogP contribution in [0.3, 0.4) is 0 Å². The highest BCUT2D eigenvalue weighted by molar-refractivity contribution is 5.97. The summed E-state index contributed by atoms with van der Waals surface area (Å²) in [6, 6.07) is 6.01. The molecule has 1 N–H and O–H groups in total. The molecule has 0 aliphatic carbocycles. The van der Waals surface area contributed by atoms with Crippen molar-refractivity contribution >= 4 is 11.6 Å². The lowest BCUT2D eigenvalue weighted by Crippen LogP contribution is -2.51. The van der Waals surface area contributed by atoms with E-state index in [0.717, 1.165) is 0 Å². The molecular weight excluding hydrogens is 282 g/mol. The number of aliphatic hydroxyl groups is 1. The molecule has 0 saturated heterocycles. The van der Waals surface area contributed by atoms with Gasteiger partial charge in [-0.25, -0.2) is 8.78 Å². The fraction of sp³-hybridized carbons (Fsp3) is 0.429. The van der Waals surface area contributed by atoms with Crippen LogP contribution in [0.4, 0.5) is 8.78 Å². The maximum atomic E-state index is 13.1. The van der Waals surface area contributed by atoms with Gasteiger partial charge in [0.25, 0.3) is 12.3 Å². The molecule has 0 spiro atoms. The third-order valence-corrected chi connectivity index (χ3v) is 3.11.